The highest BCUT2D eigenvalue weighted by Crippen LogP contribution is 2.21. The SMILES string of the molecule is C=C(C)NC(I)c1ccc(C=O)cc1. The molecule has 0 fully saturated rings. The van der Waals surface area contributed by atoms with Crippen LogP contribution in [0.5, 0.6) is 0 Å². The Morgan fingerprint density at radius 2 is 2.07 bits per heavy atom. The van der Waals surface area contributed by atoms with Gasteiger partial charge in [-0.3, -0.25) is 4.79 Å². The van der Waals surface area contributed by atoms with E-state index in [1.54, 1.807) is 0 Å². The number of halogens is 1. The fourth-order valence-corrected chi connectivity index (χ4v) is 1.99. The van der Waals surface area contributed by atoms with Gasteiger partial charge in [0.05, 0.1) is 0 Å². The summed E-state index contributed by atoms with van der Waals surface area (Å²) in [6, 6.07) is 7.51. The topological polar surface area (TPSA) is 29.1 Å². The molecule has 1 atom stereocenters. The first-order valence-corrected chi connectivity index (χ1v) is 5.49. The van der Waals surface area contributed by atoms with Gasteiger partial charge in [0.15, 0.2) is 0 Å². The van der Waals surface area contributed by atoms with Gasteiger partial charge in [0.2, 0.25) is 0 Å². The van der Waals surface area contributed by atoms with Gasteiger partial charge in [0, 0.05) is 11.3 Å². The van der Waals surface area contributed by atoms with Crippen molar-refractivity contribution in [2.24, 2.45) is 0 Å². The number of aldehydes is 1. The maximum absolute atomic E-state index is 10.4. The van der Waals surface area contributed by atoms with Gasteiger partial charge in [-0.15, -0.1) is 0 Å². The monoisotopic (exact) mass is 301 g/mol. The van der Waals surface area contributed by atoms with Gasteiger partial charge in [0.1, 0.15) is 10.3 Å². The lowest BCUT2D eigenvalue weighted by Gasteiger charge is -2.13. The summed E-state index contributed by atoms with van der Waals surface area (Å²) in [4.78, 5) is 10.4. The fraction of sp³-hybridized carbons (Fsp3) is 0.182. The quantitative estimate of drug-likeness (QED) is 0.401. The minimum atomic E-state index is 0.200. The van der Waals surface area contributed by atoms with Crippen molar-refractivity contribution in [3.8, 4) is 0 Å². The van der Waals surface area contributed by atoms with Crippen molar-refractivity contribution in [1.29, 1.82) is 0 Å². The van der Waals surface area contributed by atoms with Crippen molar-refractivity contribution < 1.29 is 4.79 Å². The van der Waals surface area contributed by atoms with E-state index in [9.17, 15) is 4.79 Å². The zero-order valence-corrected chi connectivity index (χ0v) is 10.1. The van der Waals surface area contributed by atoms with Gasteiger partial charge < -0.3 is 5.32 Å². The predicted octanol–water partition coefficient (Wildman–Crippen LogP) is 3.06. The smallest absolute Gasteiger partial charge is 0.150 e. The zero-order valence-electron chi connectivity index (χ0n) is 7.96. The number of hydrogen-bond donors (Lipinski definition) is 1. The summed E-state index contributed by atoms with van der Waals surface area (Å²) in [5.74, 6) is 0. The molecule has 74 valence electrons. The van der Waals surface area contributed by atoms with Crippen molar-refractivity contribution in [3.63, 3.8) is 0 Å². The highest BCUT2D eigenvalue weighted by atomic mass is 127. The van der Waals surface area contributed by atoms with Crippen LogP contribution in [-0.2, 0) is 0 Å². The van der Waals surface area contributed by atoms with Crippen LogP contribution in [0, 0.1) is 0 Å². The fourth-order valence-electron chi connectivity index (χ4n) is 1.04. The first-order chi connectivity index (χ1) is 6.63. The Labute approximate surface area is 97.5 Å². The number of benzene rings is 1. The molecule has 1 rings (SSSR count). The molecular weight excluding hydrogens is 289 g/mol. The Kier molecular flexibility index (Phi) is 4.13. The van der Waals surface area contributed by atoms with Crippen LogP contribution < -0.4 is 5.32 Å². The first-order valence-electron chi connectivity index (χ1n) is 4.24. The maximum atomic E-state index is 10.4. The molecule has 1 aromatic rings. The minimum absolute atomic E-state index is 0.200. The molecule has 0 heterocycles. The third-order valence-corrected chi connectivity index (χ3v) is 2.77. The second-order valence-corrected chi connectivity index (χ2v) is 4.32. The lowest BCUT2D eigenvalue weighted by Crippen LogP contribution is -2.12. The lowest BCUT2D eigenvalue weighted by molar-refractivity contribution is 0.112. The number of hydrogen-bond acceptors (Lipinski definition) is 2. The molecule has 0 radical (unpaired) electrons. The predicted molar refractivity (Wildman–Crippen MR) is 66.5 cm³/mol. The molecule has 3 heteroatoms. The van der Waals surface area contributed by atoms with E-state index < -0.39 is 0 Å². The van der Waals surface area contributed by atoms with Crippen molar-refractivity contribution in [2.75, 3.05) is 0 Å². The number of allylic oxidation sites excluding steroid dienone is 1. The number of carbonyl (C=O) groups is 1. The zero-order chi connectivity index (χ0) is 10.6. The van der Waals surface area contributed by atoms with Crippen molar-refractivity contribution in [1.82, 2.24) is 5.32 Å². The van der Waals surface area contributed by atoms with E-state index in [0.717, 1.165) is 17.5 Å². The number of carbonyl (C=O) groups excluding carboxylic acids is 1. The van der Waals surface area contributed by atoms with Crippen LogP contribution in [-0.4, -0.2) is 6.29 Å². The summed E-state index contributed by atoms with van der Waals surface area (Å²) in [6.45, 7) is 5.70. The van der Waals surface area contributed by atoms with Gasteiger partial charge in [-0.2, -0.15) is 0 Å². The largest absolute Gasteiger partial charge is 0.374 e. The molecule has 0 saturated carbocycles. The second kappa shape index (κ2) is 5.14. The molecule has 0 amide bonds. The molecule has 0 bridgehead atoms. The number of nitrogens with one attached hydrogen (secondary N) is 1. The molecular formula is C11H12INO. The molecule has 0 spiro atoms. The number of alkyl halides is 1. The summed E-state index contributed by atoms with van der Waals surface area (Å²) < 4.78 is 0.200. The van der Waals surface area contributed by atoms with E-state index in [2.05, 4.69) is 34.5 Å². The van der Waals surface area contributed by atoms with Crippen LogP contribution in [0.15, 0.2) is 36.5 Å². The highest BCUT2D eigenvalue weighted by molar-refractivity contribution is 14.1. The molecule has 14 heavy (non-hydrogen) atoms. The number of rotatable bonds is 4. The van der Waals surface area contributed by atoms with E-state index in [4.69, 9.17) is 0 Å². The minimum Gasteiger partial charge on any atom is -0.374 e. The van der Waals surface area contributed by atoms with Crippen LogP contribution in [0.1, 0.15) is 26.9 Å². The first kappa shape index (κ1) is 11.2. The molecule has 0 aromatic heterocycles. The van der Waals surface area contributed by atoms with Gasteiger partial charge in [-0.1, -0.05) is 53.4 Å². The second-order valence-electron chi connectivity index (χ2n) is 3.07. The van der Waals surface area contributed by atoms with E-state index in [0.29, 0.717) is 5.56 Å². The van der Waals surface area contributed by atoms with Crippen LogP contribution >= 0.6 is 22.6 Å². The Bertz CT molecular complexity index is 332. The molecule has 1 N–H and O–H groups in total. The Balaban J connectivity index is 2.75. The van der Waals surface area contributed by atoms with E-state index in [-0.39, 0.29) is 4.05 Å². The Morgan fingerprint density at radius 1 is 1.50 bits per heavy atom. The van der Waals surface area contributed by atoms with E-state index >= 15 is 0 Å². The molecule has 0 aliphatic rings. The van der Waals surface area contributed by atoms with Gasteiger partial charge >= 0.3 is 0 Å². The summed E-state index contributed by atoms with van der Waals surface area (Å²) in [5.41, 5.74) is 2.77. The summed E-state index contributed by atoms with van der Waals surface area (Å²) >= 11 is 2.29. The highest BCUT2D eigenvalue weighted by Gasteiger charge is 2.05. The van der Waals surface area contributed by atoms with Crippen LogP contribution in [0.4, 0.5) is 0 Å². The normalized spacial score (nSPS) is 11.9. The lowest BCUT2D eigenvalue weighted by atomic mass is 10.1. The summed E-state index contributed by atoms with van der Waals surface area (Å²) in [6.07, 6.45) is 0.845. The maximum Gasteiger partial charge on any atom is 0.150 e. The molecule has 1 aromatic carbocycles. The van der Waals surface area contributed by atoms with Crippen LogP contribution in [0.3, 0.4) is 0 Å². The van der Waals surface area contributed by atoms with Crippen molar-refractivity contribution in [3.05, 3.63) is 47.7 Å². The Morgan fingerprint density at radius 3 is 2.50 bits per heavy atom. The summed E-state index contributed by atoms with van der Waals surface area (Å²) in [7, 11) is 0. The molecule has 1 unspecified atom stereocenters. The molecule has 0 saturated heterocycles. The third kappa shape index (κ3) is 3.14. The average Bonchev–Trinajstić information content (AvgIpc) is 2.17. The molecule has 0 aliphatic carbocycles. The van der Waals surface area contributed by atoms with Gasteiger partial charge in [-0.05, 0) is 12.5 Å². The van der Waals surface area contributed by atoms with Crippen LogP contribution in [0.25, 0.3) is 0 Å². The average molecular weight is 301 g/mol. The van der Waals surface area contributed by atoms with Gasteiger partial charge in [-0.25, -0.2) is 0 Å². The Hall–Kier alpha value is -0.840. The van der Waals surface area contributed by atoms with Crippen LogP contribution in [0.2, 0.25) is 0 Å². The van der Waals surface area contributed by atoms with E-state index in [1.807, 2.05) is 31.2 Å². The van der Waals surface area contributed by atoms with Gasteiger partial charge in [0.25, 0.3) is 0 Å². The molecule has 0 aliphatic heterocycles. The summed E-state index contributed by atoms with van der Waals surface area (Å²) in [5, 5.41) is 3.20. The van der Waals surface area contributed by atoms with Crippen molar-refractivity contribution >= 4 is 28.9 Å². The molecule has 2 nitrogen and oxygen atoms in total. The van der Waals surface area contributed by atoms with E-state index in [1.165, 1.54) is 0 Å². The standard InChI is InChI=1S/C11H12INO/c1-8(2)13-11(12)10-5-3-9(7-14)4-6-10/h3-7,11,13H,1H2,2H3. The van der Waals surface area contributed by atoms with Crippen molar-refractivity contribution in [2.45, 2.75) is 11.0 Å². The third-order valence-electron chi connectivity index (χ3n) is 1.74.